The fourth-order valence-electron chi connectivity index (χ4n) is 1.81. The highest BCUT2D eigenvalue weighted by molar-refractivity contribution is 6.31. The second kappa shape index (κ2) is 8.06. The van der Waals surface area contributed by atoms with Crippen molar-refractivity contribution in [3.63, 3.8) is 0 Å². The summed E-state index contributed by atoms with van der Waals surface area (Å²) in [6.07, 6.45) is -0.968. The smallest absolute Gasteiger partial charge is 0.429 e. The van der Waals surface area contributed by atoms with Gasteiger partial charge in [0.2, 0.25) is 0 Å². The topological polar surface area (TPSA) is 111 Å². The number of anilines is 1. The maximum Gasteiger partial charge on any atom is 0.514 e. The van der Waals surface area contributed by atoms with Crippen molar-refractivity contribution in [2.75, 3.05) is 12.1 Å². The van der Waals surface area contributed by atoms with Gasteiger partial charge in [0.1, 0.15) is 12.4 Å². The van der Waals surface area contributed by atoms with E-state index >= 15 is 0 Å². The van der Waals surface area contributed by atoms with Gasteiger partial charge in [-0.05, 0) is 30.3 Å². The van der Waals surface area contributed by atoms with Crippen molar-refractivity contribution in [1.29, 1.82) is 0 Å². The first kappa shape index (κ1) is 18.1. The zero-order valence-corrected chi connectivity index (χ0v) is 13.7. The summed E-state index contributed by atoms with van der Waals surface area (Å²) in [5.74, 6) is 0.211. The van der Waals surface area contributed by atoms with Crippen LogP contribution in [-0.2, 0) is 11.3 Å². The molecule has 0 amide bonds. The highest BCUT2D eigenvalue weighted by Crippen LogP contribution is 2.23. The van der Waals surface area contributed by atoms with Gasteiger partial charge in [-0.3, -0.25) is 10.1 Å². The molecule has 0 radical (unpaired) electrons. The van der Waals surface area contributed by atoms with Crippen LogP contribution >= 0.6 is 11.6 Å². The standard InChI is InChI=1S/C15H12ClN3O6/c1-18(17-21)11-4-6-13(7-5-11)25-15(20)24-9-10-2-3-12(19(22)23)8-14(10)16/h2-8H,9H2,1H3. The first-order valence-corrected chi connectivity index (χ1v) is 7.23. The van der Waals surface area contributed by atoms with Crippen molar-refractivity contribution in [3.8, 4) is 5.75 Å². The van der Waals surface area contributed by atoms with Crippen molar-refractivity contribution < 1.29 is 19.2 Å². The van der Waals surface area contributed by atoms with Gasteiger partial charge in [0, 0.05) is 24.7 Å². The van der Waals surface area contributed by atoms with Crippen molar-refractivity contribution in [2.45, 2.75) is 6.61 Å². The number of carbonyl (C=O) groups excluding carboxylic acids is 1. The molecule has 0 unspecified atom stereocenters. The zero-order chi connectivity index (χ0) is 18.4. The van der Waals surface area contributed by atoms with E-state index in [1.807, 2.05) is 0 Å². The summed E-state index contributed by atoms with van der Waals surface area (Å²) in [7, 11) is 1.48. The Morgan fingerprint density at radius 1 is 1.28 bits per heavy atom. The molecule has 0 saturated carbocycles. The lowest BCUT2D eigenvalue weighted by Crippen LogP contribution is -2.11. The van der Waals surface area contributed by atoms with Gasteiger partial charge in [-0.25, -0.2) is 9.80 Å². The van der Waals surface area contributed by atoms with E-state index in [9.17, 15) is 19.8 Å². The minimum atomic E-state index is -0.968. The van der Waals surface area contributed by atoms with E-state index in [2.05, 4.69) is 5.29 Å². The van der Waals surface area contributed by atoms with Gasteiger partial charge in [0.25, 0.3) is 5.69 Å². The van der Waals surface area contributed by atoms with E-state index in [-0.39, 0.29) is 23.1 Å². The van der Waals surface area contributed by atoms with Crippen LogP contribution in [0.5, 0.6) is 5.75 Å². The summed E-state index contributed by atoms with van der Waals surface area (Å²) in [5.41, 5.74) is 0.762. The largest absolute Gasteiger partial charge is 0.514 e. The predicted octanol–water partition coefficient (Wildman–Crippen LogP) is 4.08. The highest BCUT2D eigenvalue weighted by atomic mass is 35.5. The monoisotopic (exact) mass is 365 g/mol. The van der Waals surface area contributed by atoms with Gasteiger partial charge in [-0.15, -0.1) is 4.91 Å². The molecule has 0 fully saturated rings. The molecule has 2 aromatic rings. The molecule has 2 aromatic carbocycles. The van der Waals surface area contributed by atoms with E-state index in [1.165, 1.54) is 49.5 Å². The second-order valence-corrected chi connectivity index (χ2v) is 5.18. The number of non-ortho nitro benzene ring substituents is 1. The molecule has 10 heteroatoms. The van der Waals surface area contributed by atoms with Crippen molar-refractivity contribution in [3.05, 3.63) is 68.1 Å². The number of hydrogen-bond donors (Lipinski definition) is 0. The van der Waals surface area contributed by atoms with Crippen molar-refractivity contribution in [2.24, 2.45) is 5.29 Å². The summed E-state index contributed by atoms with van der Waals surface area (Å²) < 4.78 is 9.88. The molecule has 2 rings (SSSR count). The number of nitrogens with zero attached hydrogens (tertiary/aromatic N) is 3. The lowest BCUT2D eigenvalue weighted by molar-refractivity contribution is -0.384. The van der Waals surface area contributed by atoms with Gasteiger partial charge in [0.05, 0.1) is 20.9 Å². The third-order valence-electron chi connectivity index (χ3n) is 3.13. The molecule has 0 aliphatic carbocycles. The average molecular weight is 366 g/mol. The normalized spacial score (nSPS) is 10.0. The van der Waals surface area contributed by atoms with Gasteiger partial charge in [0.15, 0.2) is 0 Å². The van der Waals surface area contributed by atoms with Gasteiger partial charge in [-0.1, -0.05) is 11.6 Å². The molecular weight excluding hydrogens is 354 g/mol. The SMILES string of the molecule is CN(N=O)c1ccc(OC(=O)OCc2ccc([N+](=O)[O-])cc2Cl)cc1. The fourth-order valence-corrected chi connectivity index (χ4v) is 2.04. The van der Waals surface area contributed by atoms with Crippen LogP contribution < -0.4 is 9.75 Å². The first-order chi connectivity index (χ1) is 11.9. The Morgan fingerprint density at radius 3 is 2.52 bits per heavy atom. The van der Waals surface area contributed by atoms with Crippen LogP contribution in [0.15, 0.2) is 47.8 Å². The van der Waals surface area contributed by atoms with Gasteiger partial charge in [-0.2, -0.15) is 0 Å². The van der Waals surface area contributed by atoms with Gasteiger partial charge >= 0.3 is 6.16 Å². The number of ether oxygens (including phenoxy) is 2. The number of benzene rings is 2. The van der Waals surface area contributed by atoms with Crippen LogP contribution in [0.1, 0.15) is 5.56 Å². The maximum atomic E-state index is 11.7. The lowest BCUT2D eigenvalue weighted by atomic mass is 10.2. The van der Waals surface area contributed by atoms with E-state index in [0.29, 0.717) is 11.3 Å². The Kier molecular flexibility index (Phi) is 5.85. The van der Waals surface area contributed by atoms with E-state index in [0.717, 1.165) is 5.01 Å². The lowest BCUT2D eigenvalue weighted by Gasteiger charge is -2.10. The molecule has 0 N–H and O–H groups in total. The number of nitro groups is 1. The van der Waals surface area contributed by atoms with Crippen LogP contribution in [0.2, 0.25) is 5.02 Å². The minimum absolute atomic E-state index is 0.107. The Hall–Kier alpha value is -3.20. The van der Waals surface area contributed by atoms with Crippen LogP contribution in [0.4, 0.5) is 16.2 Å². The van der Waals surface area contributed by atoms with Crippen molar-refractivity contribution in [1.82, 2.24) is 0 Å². The maximum absolute atomic E-state index is 11.7. The third-order valence-corrected chi connectivity index (χ3v) is 3.48. The van der Waals surface area contributed by atoms with Crippen LogP contribution in [0, 0.1) is 15.0 Å². The molecule has 0 bridgehead atoms. The Bertz CT molecular complexity index is 796. The number of nitroso groups, excluding NO2 is 1. The number of rotatable bonds is 6. The van der Waals surface area contributed by atoms with Crippen LogP contribution in [0.25, 0.3) is 0 Å². The number of hydrogen-bond acceptors (Lipinski definition) is 7. The number of nitro benzene ring substituents is 1. The number of carbonyl (C=O) groups is 1. The molecule has 0 aliphatic rings. The molecule has 0 aliphatic heterocycles. The van der Waals surface area contributed by atoms with Gasteiger partial charge < -0.3 is 9.47 Å². The van der Waals surface area contributed by atoms with Crippen molar-refractivity contribution >= 4 is 29.1 Å². The Labute approximate surface area is 146 Å². The molecule has 0 aromatic heterocycles. The summed E-state index contributed by atoms with van der Waals surface area (Å²) in [6, 6.07) is 9.83. The fraction of sp³-hybridized carbons (Fsp3) is 0.133. The zero-order valence-electron chi connectivity index (χ0n) is 12.9. The molecule has 0 heterocycles. The second-order valence-electron chi connectivity index (χ2n) is 4.77. The summed E-state index contributed by atoms with van der Waals surface area (Å²) in [4.78, 5) is 32.1. The van der Waals surface area contributed by atoms with Crippen LogP contribution in [0.3, 0.4) is 0 Å². The third kappa shape index (κ3) is 4.88. The molecule has 0 spiro atoms. The van der Waals surface area contributed by atoms with Crippen LogP contribution in [-0.4, -0.2) is 18.1 Å². The van der Waals surface area contributed by atoms with E-state index in [4.69, 9.17) is 21.1 Å². The molecule has 0 saturated heterocycles. The minimum Gasteiger partial charge on any atom is -0.429 e. The van der Waals surface area contributed by atoms with E-state index < -0.39 is 11.1 Å². The predicted molar refractivity (Wildman–Crippen MR) is 89.6 cm³/mol. The first-order valence-electron chi connectivity index (χ1n) is 6.85. The molecule has 9 nitrogen and oxygen atoms in total. The summed E-state index contributed by atoms with van der Waals surface area (Å²) in [6.45, 7) is -0.203. The number of halogens is 1. The molecule has 0 atom stereocenters. The molecular formula is C15H12ClN3O6. The molecule has 130 valence electrons. The Balaban J connectivity index is 1.92. The Morgan fingerprint density at radius 2 is 1.96 bits per heavy atom. The van der Waals surface area contributed by atoms with E-state index in [1.54, 1.807) is 0 Å². The average Bonchev–Trinajstić information content (AvgIpc) is 2.60. The quantitative estimate of drug-likeness (QED) is 0.249. The summed E-state index contributed by atoms with van der Waals surface area (Å²) in [5, 5.41) is 14.6. The molecule has 25 heavy (non-hydrogen) atoms. The summed E-state index contributed by atoms with van der Waals surface area (Å²) >= 11 is 5.90. The highest BCUT2D eigenvalue weighted by Gasteiger charge is 2.12.